The van der Waals surface area contributed by atoms with Crippen molar-refractivity contribution < 1.29 is 4.74 Å². The number of amidine groups is 1. The van der Waals surface area contributed by atoms with Gasteiger partial charge in [-0.3, -0.25) is 4.98 Å². The van der Waals surface area contributed by atoms with Crippen molar-refractivity contribution in [3.05, 3.63) is 83.7 Å². The molecule has 0 fully saturated rings. The number of hydrogen-bond acceptors (Lipinski definition) is 5. The van der Waals surface area contributed by atoms with Crippen molar-refractivity contribution in [2.75, 3.05) is 7.11 Å². The zero-order valence-electron chi connectivity index (χ0n) is 16.2. The highest BCUT2D eigenvalue weighted by atomic mass is 16.5. The molecule has 0 spiro atoms. The first kappa shape index (κ1) is 17.9. The zero-order valence-corrected chi connectivity index (χ0v) is 16.2. The van der Waals surface area contributed by atoms with Gasteiger partial charge < -0.3 is 10.5 Å². The van der Waals surface area contributed by atoms with E-state index in [0.717, 1.165) is 39.3 Å². The average Bonchev–Trinajstić information content (AvgIpc) is 3.04. The Morgan fingerprint density at radius 2 is 1.64 bits per heavy atom. The number of aromatic nitrogens is 1. The first-order valence-electron chi connectivity index (χ1n) is 9.11. The molecule has 1 unspecified atom stereocenters. The van der Waals surface area contributed by atoms with E-state index in [1.807, 2.05) is 62.6 Å². The van der Waals surface area contributed by atoms with Gasteiger partial charge in [0, 0.05) is 29.1 Å². The molecule has 0 bridgehead atoms. The Bertz CT molecular complexity index is 1070. The predicted octanol–water partition coefficient (Wildman–Crippen LogP) is 4.10. The summed E-state index contributed by atoms with van der Waals surface area (Å²) in [5.74, 6) is 1.24. The largest absolute Gasteiger partial charge is 0.497 e. The molecule has 0 aliphatic carbocycles. The second-order valence-corrected chi connectivity index (χ2v) is 6.93. The third-order valence-electron chi connectivity index (χ3n) is 4.95. The summed E-state index contributed by atoms with van der Waals surface area (Å²) in [6.07, 6.45) is 3.72. The van der Waals surface area contributed by atoms with Crippen molar-refractivity contribution in [3.8, 4) is 16.9 Å². The standard InChI is InChI=1S/C23H22N4O/c1-15-11-18(14-25-13-15)17-5-4-6-20(12-17)23(26-16(2)22(24)27-23)19-7-9-21(28-3)10-8-19/h4-14H,1-3H3,(H2,24,27). The lowest BCUT2D eigenvalue weighted by molar-refractivity contribution is 0.414. The maximum Gasteiger partial charge on any atom is 0.204 e. The van der Waals surface area contributed by atoms with Crippen LogP contribution in [0.5, 0.6) is 5.75 Å². The van der Waals surface area contributed by atoms with E-state index in [9.17, 15) is 0 Å². The van der Waals surface area contributed by atoms with Gasteiger partial charge in [-0.15, -0.1) is 0 Å². The number of pyridine rings is 1. The minimum atomic E-state index is -0.895. The number of benzene rings is 2. The van der Waals surface area contributed by atoms with Crippen LogP contribution in [0.2, 0.25) is 0 Å². The molecule has 1 atom stereocenters. The summed E-state index contributed by atoms with van der Waals surface area (Å²) in [5.41, 5.74) is 11.1. The average molecular weight is 370 g/mol. The molecule has 0 saturated heterocycles. The number of nitrogens with two attached hydrogens (primary N) is 1. The van der Waals surface area contributed by atoms with Gasteiger partial charge in [0.1, 0.15) is 11.6 Å². The third-order valence-corrected chi connectivity index (χ3v) is 4.95. The molecule has 3 aromatic rings. The van der Waals surface area contributed by atoms with Gasteiger partial charge in [0.2, 0.25) is 5.66 Å². The Kier molecular flexibility index (Phi) is 4.43. The number of ether oxygens (including phenoxy) is 1. The summed E-state index contributed by atoms with van der Waals surface area (Å²) >= 11 is 0. The van der Waals surface area contributed by atoms with Crippen LogP contribution in [0.25, 0.3) is 11.1 Å². The Hall–Kier alpha value is -3.47. The minimum Gasteiger partial charge on any atom is -0.497 e. The maximum absolute atomic E-state index is 6.14. The first-order valence-corrected chi connectivity index (χ1v) is 9.11. The summed E-state index contributed by atoms with van der Waals surface area (Å²) in [5, 5.41) is 0. The molecule has 5 heteroatoms. The van der Waals surface area contributed by atoms with Crippen LogP contribution in [0.4, 0.5) is 0 Å². The van der Waals surface area contributed by atoms with Crippen molar-refractivity contribution in [1.29, 1.82) is 0 Å². The van der Waals surface area contributed by atoms with Crippen LogP contribution in [0.3, 0.4) is 0 Å². The molecule has 4 rings (SSSR count). The van der Waals surface area contributed by atoms with Crippen LogP contribution >= 0.6 is 0 Å². The molecule has 0 radical (unpaired) electrons. The summed E-state index contributed by atoms with van der Waals surface area (Å²) in [4.78, 5) is 14.0. The van der Waals surface area contributed by atoms with Gasteiger partial charge in [-0.2, -0.15) is 0 Å². The summed E-state index contributed by atoms with van der Waals surface area (Å²) in [7, 11) is 1.65. The predicted molar refractivity (Wildman–Crippen MR) is 113 cm³/mol. The topological polar surface area (TPSA) is 72.9 Å². The molecular formula is C23H22N4O. The quantitative estimate of drug-likeness (QED) is 0.751. The monoisotopic (exact) mass is 370 g/mol. The van der Waals surface area contributed by atoms with Crippen LogP contribution in [-0.4, -0.2) is 23.6 Å². The number of rotatable bonds is 4. The lowest BCUT2D eigenvalue weighted by Crippen LogP contribution is -2.22. The molecule has 2 N–H and O–H groups in total. The highest BCUT2D eigenvalue weighted by Crippen LogP contribution is 2.40. The zero-order chi connectivity index (χ0) is 19.7. The summed E-state index contributed by atoms with van der Waals surface area (Å²) in [6, 6.07) is 18.2. The Morgan fingerprint density at radius 3 is 2.29 bits per heavy atom. The molecule has 2 heterocycles. The van der Waals surface area contributed by atoms with Gasteiger partial charge >= 0.3 is 0 Å². The normalized spacial score (nSPS) is 18.5. The Morgan fingerprint density at radius 1 is 0.857 bits per heavy atom. The number of nitrogens with zero attached hydrogens (tertiary/aromatic N) is 3. The smallest absolute Gasteiger partial charge is 0.204 e. The van der Waals surface area contributed by atoms with Gasteiger partial charge in [0.05, 0.1) is 12.8 Å². The SMILES string of the molecule is COc1ccc(C2(c3cccc(-c4cncc(C)c4)c3)N=C(C)C(N)=N2)cc1. The third kappa shape index (κ3) is 3.05. The molecule has 0 amide bonds. The van der Waals surface area contributed by atoms with E-state index < -0.39 is 5.66 Å². The van der Waals surface area contributed by atoms with Gasteiger partial charge in [0.15, 0.2) is 0 Å². The number of aliphatic imine (C=N–C) groups is 2. The number of aryl methyl sites for hydroxylation is 1. The molecule has 1 aliphatic heterocycles. The molecule has 1 aromatic heterocycles. The van der Waals surface area contributed by atoms with E-state index in [1.54, 1.807) is 7.11 Å². The Labute approximate surface area is 164 Å². The molecule has 140 valence electrons. The van der Waals surface area contributed by atoms with Crippen molar-refractivity contribution in [2.24, 2.45) is 15.7 Å². The highest BCUT2D eigenvalue weighted by Gasteiger charge is 2.38. The second kappa shape index (κ2) is 6.93. The van der Waals surface area contributed by atoms with Crippen molar-refractivity contribution >= 4 is 11.5 Å². The van der Waals surface area contributed by atoms with Crippen LogP contribution in [0, 0.1) is 6.92 Å². The highest BCUT2D eigenvalue weighted by molar-refractivity contribution is 6.41. The molecule has 2 aromatic carbocycles. The van der Waals surface area contributed by atoms with Crippen molar-refractivity contribution in [1.82, 2.24) is 4.98 Å². The molecule has 1 aliphatic rings. The van der Waals surface area contributed by atoms with E-state index in [0.29, 0.717) is 5.84 Å². The minimum absolute atomic E-state index is 0.457. The fourth-order valence-electron chi connectivity index (χ4n) is 3.46. The van der Waals surface area contributed by atoms with E-state index in [-0.39, 0.29) is 0 Å². The van der Waals surface area contributed by atoms with Gasteiger partial charge in [0.25, 0.3) is 0 Å². The lowest BCUT2D eigenvalue weighted by atomic mass is 9.90. The summed E-state index contributed by atoms with van der Waals surface area (Å²) in [6.45, 7) is 3.92. The fourth-order valence-corrected chi connectivity index (χ4v) is 3.46. The van der Waals surface area contributed by atoms with Crippen LogP contribution in [0.1, 0.15) is 23.6 Å². The van der Waals surface area contributed by atoms with E-state index >= 15 is 0 Å². The number of methoxy groups -OCH3 is 1. The van der Waals surface area contributed by atoms with Gasteiger partial charge in [-0.05, 0) is 49.2 Å². The van der Waals surface area contributed by atoms with Gasteiger partial charge in [-0.25, -0.2) is 9.98 Å². The van der Waals surface area contributed by atoms with E-state index in [2.05, 4.69) is 23.2 Å². The lowest BCUT2D eigenvalue weighted by Gasteiger charge is -2.25. The maximum atomic E-state index is 6.14. The molecule has 5 nitrogen and oxygen atoms in total. The van der Waals surface area contributed by atoms with Crippen LogP contribution in [0.15, 0.2) is 77.0 Å². The van der Waals surface area contributed by atoms with Crippen molar-refractivity contribution in [3.63, 3.8) is 0 Å². The number of hydrogen-bond donors (Lipinski definition) is 1. The van der Waals surface area contributed by atoms with E-state index in [1.165, 1.54) is 0 Å². The Balaban J connectivity index is 1.88. The summed E-state index contributed by atoms with van der Waals surface area (Å²) < 4.78 is 5.30. The first-order chi connectivity index (χ1) is 13.5. The van der Waals surface area contributed by atoms with E-state index in [4.69, 9.17) is 20.5 Å². The molecule has 0 saturated carbocycles. The second-order valence-electron chi connectivity index (χ2n) is 6.93. The van der Waals surface area contributed by atoms with Crippen LogP contribution < -0.4 is 10.5 Å². The molecular weight excluding hydrogens is 348 g/mol. The van der Waals surface area contributed by atoms with Gasteiger partial charge in [-0.1, -0.05) is 30.3 Å². The fraction of sp³-hybridized carbons (Fsp3) is 0.174. The van der Waals surface area contributed by atoms with Crippen LogP contribution in [-0.2, 0) is 5.66 Å². The van der Waals surface area contributed by atoms with Crippen molar-refractivity contribution in [2.45, 2.75) is 19.5 Å². The molecule has 28 heavy (non-hydrogen) atoms.